The van der Waals surface area contributed by atoms with Crippen molar-refractivity contribution in [3.8, 4) is 5.75 Å². The third kappa shape index (κ3) is 2.40. The van der Waals surface area contributed by atoms with Crippen LogP contribution in [-0.4, -0.2) is 29.8 Å². The average Bonchev–Trinajstić information content (AvgIpc) is 3.03. The van der Waals surface area contributed by atoms with Gasteiger partial charge in [-0.15, -0.1) is 0 Å². The molecule has 0 saturated carbocycles. The maximum absolute atomic E-state index is 11.1. The molecule has 1 amide bonds. The smallest absolute Gasteiger partial charge is 0.216 e. The van der Waals surface area contributed by atoms with Crippen LogP contribution >= 0.6 is 0 Å². The van der Waals surface area contributed by atoms with E-state index in [4.69, 9.17) is 16.3 Å². The van der Waals surface area contributed by atoms with Crippen molar-refractivity contribution >= 4 is 28.3 Å². The number of nitrogens with one attached hydrogen (secondary N) is 1. The van der Waals surface area contributed by atoms with Crippen LogP contribution in [-0.2, 0) is 11.2 Å². The van der Waals surface area contributed by atoms with Crippen LogP contribution < -0.4 is 21.6 Å². The number of methoxy groups -OCH3 is 1. The van der Waals surface area contributed by atoms with Gasteiger partial charge in [0.25, 0.3) is 0 Å². The molecule has 1 aliphatic rings. The second-order valence-electron chi connectivity index (χ2n) is 5.36. The second kappa shape index (κ2) is 5.68. The van der Waals surface area contributed by atoms with Gasteiger partial charge in [0.2, 0.25) is 5.91 Å². The van der Waals surface area contributed by atoms with Crippen LogP contribution in [0.5, 0.6) is 5.75 Å². The summed E-state index contributed by atoms with van der Waals surface area (Å²) in [6.07, 6.45) is 2.40. The zero-order chi connectivity index (χ0) is 16.6. The molecule has 2 heterocycles. The Balaban J connectivity index is 2.18. The zero-order valence-electron chi connectivity index (χ0n) is 13.1. The number of hydrogen-bond acceptors (Lipinski definition) is 5. The van der Waals surface area contributed by atoms with Crippen LogP contribution in [0.2, 0.25) is 0 Å². The van der Waals surface area contributed by atoms with E-state index in [9.17, 15) is 4.79 Å². The minimum absolute atomic E-state index is 0.0619. The Labute approximate surface area is 133 Å². The summed E-state index contributed by atoms with van der Waals surface area (Å²) in [5.41, 5.74) is 9.63. The molecule has 1 aromatic heterocycles. The summed E-state index contributed by atoms with van der Waals surface area (Å²) in [6, 6.07) is 5.81. The van der Waals surface area contributed by atoms with E-state index >= 15 is 0 Å². The molecule has 0 atom stereocenters. The van der Waals surface area contributed by atoms with E-state index in [-0.39, 0.29) is 5.91 Å². The molecule has 0 bridgehead atoms. The number of aromatic nitrogens is 1. The van der Waals surface area contributed by atoms with E-state index in [1.165, 1.54) is 6.92 Å². The molecule has 0 fully saturated rings. The summed E-state index contributed by atoms with van der Waals surface area (Å²) < 4.78 is 7.26. The number of benzene rings is 1. The average molecular weight is 313 g/mol. The summed E-state index contributed by atoms with van der Waals surface area (Å²) in [4.78, 5) is 11.1. The van der Waals surface area contributed by atoms with Crippen molar-refractivity contribution in [3.63, 3.8) is 0 Å². The lowest BCUT2D eigenvalue weighted by Gasteiger charge is -2.05. The number of nitrogens with two attached hydrogens (primary N) is 2. The highest BCUT2D eigenvalue weighted by molar-refractivity contribution is 6.18. The van der Waals surface area contributed by atoms with Gasteiger partial charge >= 0.3 is 0 Å². The van der Waals surface area contributed by atoms with Crippen LogP contribution in [0.1, 0.15) is 18.2 Å². The number of rotatable bonds is 4. The first kappa shape index (κ1) is 15.0. The number of hydrazone groups is 1. The first-order valence-electron chi connectivity index (χ1n) is 7.28. The van der Waals surface area contributed by atoms with Gasteiger partial charge in [0.1, 0.15) is 17.3 Å². The molecule has 0 aliphatic carbocycles. The van der Waals surface area contributed by atoms with Crippen LogP contribution in [0, 0.1) is 0 Å². The van der Waals surface area contributed by atoms with Crippen molar-refractivity contribution in [1.29, 1.82) is 0 Å². The lowest BCUT2D eigenvalue weighted by molar-refractivity contribution is -0.118. The van der Waals surface area contributed by atoms with Crippen LogP contribution in [0.4, 0.5) is 0 Å². The standard InChI is InChI=1S/C16H19N5O2/c1-9(22)19-6-5-11-12-7-10(23-2)3-4-14(12)21-15(17)8-13(20-18)16(11)21/h3-4,7-8H,5-6,17-18H2,1-2H3,(H,19,22). The van der Waals surface area contributed by atoms with Gasteiger partial charge in [-0.25, -0.2) is 0 Å². The summed E-state index contributed by atoms with van der Waals surface area (Å²) >= 11 is 0. The van der Waals surface area contributed by atoms with Gasteiger partial charge in [-0.1, -0.05) is 0 Å². The number of carbonyl (C=O) groups is 1. The molecular weight excluding hydrogens is 294 g/mol. The van der Waals surface area contributed by atoms with Crippen LogP contribution in [0.3, 0.4) is 0 Å². The molecule has 1 aliphatic heterocycles. The van der Waals surface area contributed by atoms with E-state index in [1.54, 1.807) is 13.2 Å². The predicted molar refractivity (Wildman–Crippen MR) is 90.1 cm³/mol. The normalized spacial score (nSPS) is 14.9. The third-order valence-corrected chi connectivity index (χ3v) is 3.95. The Morgan fingerprint density at radius 3 is 2.87 bits per heavy atom. The largest absolute Gasteiger partial charge is 0.497 e. The molecule has 0 saturated heterocycles. The summed E-state index contributed by atoms with van der Waals surface area (Å²) in [5.74, 6) is 6.79. The zero-order valence-corrected chi connectivity index (χ0v) is 13.1. The van der Waals surface area contributed by atoms with Gasteiger partial charge in [0, 0.05) is 24.9 Å². The van der Waals surface area contributed by atoms with Crippen molar-refractivity contribution in [2.75, 3.05) is 13.7 Å². The lowest BCUT2D eigenvalue weighted by Crippen LogP contribution is -2.23. The van der Waals surface area contributed by atoms with Crippen molar-refractivity contribution < 1.29 is 9.53 Å². The van der Waals surface area contributed by atoms with E-state index in [0.717, 1.165) is 27.9 Å². The Morgan fingerprint density at radius 2 is 2.22 bits per heavy atom. The quantitative estimate of drug-likeness (QED) is 0.572. The Kier molecular flexibility index (Phi) is 3.69. The maximum Gasteiger partial charge on any atom is 0.216 e. The number of fused-ring (bicyclic) bond motifs is 3. The van der Waals surface area contributed by atoms with Gasteiger partial charge in [-0.05, 0) is 30.2 Å². The number of amides is 1. The van der Waals surface area contributed by atoms with Gasteiger partial charge in [-0.3, -0.25) is 9.36 Å². The fraction of sp³-hybridized carbons (Fsp3) is 0.250. The van der Waals surface area contributed by atoms with Crippen molar-refractivity contribution in [2.45, 2.75) is 13.3 Å². The molecule has 0 spiro atoms. The molecule has 0 radical (unpaired) electrons. The van der Waals surface area contributed by atoms with Crippen molar-refractivity contribution in [2.24, 2.45) is 16.7 Å². The Bertz CT molecular complexity index is 848. The molecule has 5 N–H and O–H groups in total. The summed E-state index contributed by atoms with van der Waals surface area (Å²) in [7, 11) is 1.63. The fourth-order valence-corrected chi connectivity index (χ4v) is 2.99. The monoisotopic (exact) mass is 313 g/mol. The molecule has 2 aromatic rings. The number of nitrogens with zero attached hydrogens (tertiary/aromatic N) is 2. The number of carbonyl (C=O) groups excluding carboxylic acids is 1. The SMILES string of the molecule is COc1ccc2c(c1)c(CCNC(C)=O)c1n2C(N)=CC1=NN. The van der Waals surface area contributed by atoms with Crippen LogP contribution in [0.25, 0.3) is 16.7 Å². The van der Waals surface area contributed by atoms with E-state index in [0.29, 0.717) is 24.5 Å². The number of hydrogen-bond donors (Lipinski definition) is 3. The van der Waals surface area contributed by atoms with Gasteiger partial charge in [0.15, 0.2) is 0 Å². The molecule has 7 heteroatoms. The van der Waals surface area contributed by atoms with Crippen molar-refractivity contribution in [1.82, 2.24) is 9.88 Å². The van der Waals surface area contributed by atoms with E-state index in [2.05, 4.69) is 10.4 Å². The van der Waals surface area contributed by atoms with Gasteiger partial charge in [0.05, 0.1) is 18.3 Å². The summed E-state index contributed by atoms with van der Waals surface area (Å²) in [6.45, 7) is 2.02. The molecule has 0 unspecified atom stereocenters. The first-order valence-corrected chi connectivity index (χ1v) is 7.28. The molecule has 23 heavy (non-hydrogen) atoms. The number of allylic oxidation sites excluding steroid dienone is 1. The Hall–Kier alpha value is -2.96. The van der Waals surface area contributed by atoms with Gasteiger partial charge in [-0.2, -0.15) is 5.10 Å². The first-order chi connectivity index (χ1) is 11.1. The summed E-state index contributed by atoms with van der Waals surface area (Å²) in [5, 5.41) is 7.67. The number of ether oxygens (including phenoxy) is 1. The maximum atomic E-state index is 11.1. The molecule has 7 nitrogen and oxygen atoms in total. The highest BCUT2D eigenvalue weighted by Gasteiger charge is 2.26. The lowest BCUT2D eigenvalue weighted by atomic mass is 10.0. The highest BCUT2D eigenvalue weighted by Crippen LogP contribution is 2.34. The third-order valence-electron chi connectivity index (χ3n) is 3.95. The molecular formula is C16H19N5O2. The van der Waals surface area contributed by atoms with E-state index < -0.39 is 0 Å². The Morgan fingerprint density at radius 1 is 1.43 bits per heavy atom. The van der Waals surface area contributed by atoms with Crippen LogP contribution in [0.15, 0.2) is 29.4 Å². The predicted octanol–water partition coefficient (Wildman–Crippen LogP) is 0.762. The molecule has 1 aromatic carbocycles. The fourth-order valence-electron chi connectivity index (χ4n) is 2.99. The van der Waals surface area contributed by atoms with Crippen molar-refractivity contribution in [3.05, 3.63) is 35.5 Å². The molecule has 3 rings (SSSR count). The highest BCUT2D eigenvalue weighted by atomic mass is 16.5. The minimum Gasteiger partial charge on any atom is -0.497 e. The topological polar surface area (TPSA) is 108 Å². The minimum atomic E-state index is -0.0619. The van der Waals surface area contributed by atoms with E-state index in [1.807, 2.05) is 22.8 Å². The second-order valence-corrected chi connectivity index (χ2v) is 5.36. The molecule has 120 valence electrons. The van der Waals surface area contributed by atoms with Gasteiger partial charge < -0.3 is 21.6 Å².